The fourth-order valence-corrected chi connectivity index (χ4v) is 3.29. The van der Waals surface area contributed by atoms with Gasteiger partial charge >= 0.3 is 0 Å². The second kappa shape index (κ2) is 8.57. The van der Waals surface area contributed by atoms with Gasteiger partial charge in [0, 0.05) is 44.8 Å². The Labute approximate surface area is 163 Å². The summed E-state index contributed by atoms with van der Waals surface area (Å²) >= 11 is 0. The number of aromatic amines is 1. The molecule has 0 bridgehead atoms. The third kappa shape index (κ3) is 3.72. The minimum atomic E-state index is -0.396. The number of hydrogen-bond donors (Lipinski definition) is 2. The predicted molar refractivity (Wildman–Crippen MR) is 98.7 cm³/mol. The molecule has 1 fully saturated rings. The maximum absolute atomic E-state index is 12.8. The largest absolute Gasteiger partial charge is 0.459 e. The summed E-state index contributed by atoms with van der Waals surface area (Å²) in [6.07, 6.45) is 3.98. The number of amides is 2. The van der Waals surface area contributed by atoms with Crippen molar-refractivity contribution in [1.29, 1.82) is 0 Å². The summed E-state index contributed by atoms with van der Waals surface area (Å²) < 4.78 is 5.15. The highest BCUT2D eigenvalue weighted by Crippen LogP contribution is 2.22. The van der Waals surface area contributed by atoms with E-state index in [-0.39, 0.29) is 36.6 Å². The Kier molecular flexibility index (Phi) is 6.69. The molecule has 1 saturated heterocycles. The minimum Gasteiger partial charge on any atom is -0.459 e. The molecule has 0 spiro atoms. The molecule has 2 N–H and O–H groups in total. The molecule has 2 amide bonds. The Morgan fingerprint density at radius 1 is 1.15 bits per heavy atom. The van der Waals surface area contributed by atoms with Crippen molar-refractivity contribution in [2.24, 2.45) is 0 Å². The van der Waals surface area contributed by atoms with E-state index in [1.165, 1.54) is 6.26 Å². The van der Waals surface area contributed by atoms with Gasteiger partial charge in [-0.05, 0) is 12.1 Å². The summed E-state index contributed by atoms with van der Waals surface area (Å²) in [6, 6.07) is 2.96. The van der Waals surface area contributed by atoms with Crippen molar-refractivity contribution >= 4 is 36.6 Å². The highest BCUT2D eigenvalue weighted by atomic mass is 35.5. The first-order valence-electron chi connectivity index (χ1n) is 8.11. The molecule has 2 aliphatic heterocycles. The molecule has 1 unspecified atom stereocenters. The van der Waals surface area contributed by atoms with Gasteiger partial charge in [-0.2, -0.15) is 0 Å². The van der Waals surface area contributed by atoms with Gasteiger partial charge in [-0.25, -0.2) is 4.98 Å². The van der Waals surface area contributed by atoms with Gasteiger partial charge in [-0.3, -0.25) is 9.59 Å². The van der Waals surface area contributed by atoms with Crippen molar-refractivity contribution in [1.82, 2.24) is 25.1 Å². The van der Waals surface area contributed by atoms with Gasteiger partial charge in [-0.15, -0.1) is 24.8 Å². The average molecular weight is 402 g/mol. The van der Waals surface area contributed by atoms with Crippen LogP contribution in [0, 0.1) is 0 Å². The molecule has 10 heteroatoms. The summed E-state index contributed by atoms with van der Waals surface area (Å²) in [5, 5.41) is 3.25. The number of aromatic nitrogens is 2. The number of hydrogen-bond acceptors (Lipinski definition) is 5. The van der Waals surface area contributed by atoms with Gasteiger partial charge in [-0.1, -0.05) is 0 Å². The smallest absolute Gasteiger partial charge is 0.289 e. The molecule has 2 aromatic rings. The maximum atomic E-state index is 12.8. The number of carbonyl (C=O) groups is 2. The molecule has 2 aliphatic rings. The van der Waals surface area contributed by atoms with Gasteiger partial charge in [0.05, 0.1) is 18.3 Å². The van der Waals surface area contributed by atoms with Crippen LogP contribution in [0.1, 0.15) is 28.0 Å². The van der Waals surface area contributed by atoms with Crippen LogP contribution in [0.25, 0.3) is 0 Å². The number of fused-ring (bicyclic) bond motifs is 1. The first kappa shape index (κ1) is 20.3. The Bertz CT molecular complexity index is 741. The molecule has 2 aromatic heterocycles. The molecular weight excluding hydrogens is 381 g/mol. The number of carbonyl (C=O) groups excluding carboxylic acids is 2. The average Bonchev–Trinajstić information content (AvgIpc) is 3.31. The molecule has 142 valence electrons. The number of rotatable bonds is 2. The zero-order chi connectivity index (χ0) is 16.5. The number of imidazole rings is 1. The summed E-state index contributed by atoms with van der Waals surface area (Å²) in [4.78, 5) is 36.0. The highest BCUT2D eigenvalue weighted by molar-refractivity contribution is 5.91. The first-order valence-corrected chi connectivity index (χ1v) is 8.11. The van der Waals surface area contributed by atoms with Gasteiger partial charge in [0.2, 0.25) is 5.91 Å². The summed E-state index contributed by atoms with van der Waals surface area (Å²) in [5.74, 6) is 0.232. The number of piperazine rings is 1. The quantitative estimate of drug-likeness (QED) is 0.782. The molecular formula is C16H21Cl2N5O3. The zero-order valence-corrected chi connectivity index (χ0v) is 15.6. The second-order valence-corrected chi connectivity index (χ2v) is 6.00. The van der Waals surface area contributed by atoms with Crippen molar-refractivity contribution in [2.45, 2.75) is 12.5 Å². The SMILES string of the molecule is Cl.Cl.O=C(c1ccco1)N1CCN(C(=O)C2NCCc3[nH]cnc32)CC1. The van der Waals surface area contributed by atoms with E-state index >= 15 is 0 Å². The van der Waals surface area contributed by atoms with Crippen LogP contribution in [0.2, 0.25) is 0 Å². The van der Waals surface area contributed by atoms with Gasteiger partial charge < -0.3 is 24.5 Å². The first-order chi connectivity index (χ1) is 11.7. The molecule has 1 atom stereocenters. The van der Waals surface area contributed by atoms with Crippen LogP contribution < -0.4 is 5.32 Å². The van der Waals surface area contributed by atoms with Crippen LogP contribution in [-0.4, -0.2) is 64.3 Å². The Hall–Kier alpha value is -2.03. The van der Waals surface area contributed by atoms with Crippen molar-refractivity contribution in [3.63, 3.8) is 0 Å². The molecule has 0 radical (unpaired) electrons. The molecule has 0 saturated carbocycles. The fourth-order valence-electron chi connectivity index (χ4n) is 3.29. The van der Waals surface area contributed by atoms with Crippen LogP contribution in [0.5, 0.6) is 0 Å². The van der Waals surface area contributed by atoms with E-state index < -0.39 is 6.04 Å². The van der Waals surface area contributed by atoms with Crippen molar-refractivity contribution in [2.75, 3.05) is 32.7 Å². The lowest BCUT2D eigenvalue weighted by molar-refractivity contribution is -0.135. The van der Waals surface area contributed by atoms with Crippen LogP contribution in [0.15, 0.2) is 29.1 Å². The number of nitrogens with zero attached hydrogens (tertiary/aromatic N) is 3. The minimum absolute atomic E-state index is 0. The van der Waals surface area contributed by atoms with E-state index in [4.69, 9.17) is 4.42 Å². The molecule has 0 aliphatic carbocycles. The highest BCUT2D eigenvalue weighted by Gasteiger charge is 2.34. The van der Waals surface area contributed by atoms with Crippen molar-refractivity contribution < 1.29 is 14.0 Å². The number of furan rings is 1. The fraction of sp³-hybridized carbons (Fsp3) is 0.438. The molecule has 8 nitrogen and oxygen atoms in total. The lowest BCUT2D eigenvalue weighted by Gasteiger charge is -2.36. The molecule has 0 aromatic carbocycles. The van der Waals surface area contributed by atoms with Crippen molar-refractivity contribution in [3.8, 4) is 0 Å². The number of halogens is 2. The normalized spacial score (nSPS) is 19.2. The second-order valence-electron chi connectivity index (χ2n) is 6.00. The zero-order valence-electron chi connectivity index (χ0n) is 14.0. The van der Waals surface area contributed by atoms with E-state index in [0.29, 0.717) is 31.9 Å². The lowest BCUT2D eigenvalue weighted by Crippen LogP contribution is -2.53. The third-order valence-electron chi connectivity index (χ3n) is 4.61. The summed E-state index contributed by atoms with van der Waals surface area (Å²) in [6.45, 7) is 2.80. The Morgan fingerprint density at radius 2 is 1.88 bits per heavy atom. The van der Waals surface area contributed by atoms with E-state index in [0.717, 1.165) is 24.4 Å². The van der Waals surface area contributed by atoms with E-state index in [1.807, 2.05) is 0 Å². The molecule has 4 heterocycles. The van der Waals surface area contributed by atoms with Gasteiger partial charge in [0.25, 0.3) is 5.91 Å². The number of nitrogens with one attached hydrogen (secondary N) is 2. The van der Waals surface area contributed by atoms with E-state index in [9.17, 15) is 9.59 Å². The van der Waals surface area contributed by atoms with Crippen LogP contribution in [0.4, 0.5) is 0 Å². The van der Waals surface area contributed by atoms with Crippen LogP contribution >= 0.6 is 24.8 Å². The Balaban J connectivity index is 0.00000121. The number of H-pyrrole nitrogens is 1. The van der Waals surface area contributed by atoms with Gasteiger partial charge in [0.1, 0.15) is 6.04 Å². The summed E-state index contributed by atoms with van der Waals surface area (Å²) in [5.41, 5.74) is 1.82. The standard InChI is InChI=1S/C16H19N5O3.2ClH/c22-15(12-2-1-9-24-12)20-5-7-21(8-6-20)16(23)14-13-11(3-4-17-14)18-10-19-13;;/h1-2,9-10,14,17H,3-8H2,(H,18,19);2*1H. The Morgan fingerprint density at radius 3 is 2.58 bits per heavy atom. The maximum Gasteiger partial charge on any atom is 0.289 e. The molecule has 26 heavy (non-hydrogen) atoms. The monoisotopic (exact) mass is 401 g/mol. The lowest BCUT2D eigenvalue weighted by atomic mass is 10.0. The van der Waals surface area contributed by atoms with E-state index in [1.54, 1.807) is 28.3 Å². The van der Waals surface area contributed by atoms with Crippen LogP contribution in [-0.2, 0) is 11.2 Å². The van der Waals surface area contributed by atoms with Gasteiger partial charge in [0.15, 0.2) is 5.76 Å². The third-order valence-corrected chi connectivity index (χ3v) is 4.61. The topological polar surface area (TPSA) is 94.5 Å². The molecule has 4 rings (SSSR count). The predicted octanol–water partition coefficient (Wildman–Crippen LogP) is 1.02. The van der Waals surface area contributed by atoms with E-state index in [2.05, 4.69) is 15.3 Å². The summed E-state index contributed by atoms with van der Waals surface area (Å²) in [7, 11) is 0. The van der Waals surface area contributed by atoms with Crippen molar-refractivity contribution in [3.05, 3.63) is 41.9 Å². The van der Waals surface area contributed by atoms with Crippen LogP contribution in [0.3, 0.4) is 0 Å².